The van der Waals surface area contributed by atoms with Crippen LogP contribution in [-0.2, 0) is 0 Å². The van der Waals surface area contributed by atoms with E-state index in [1.807, 2.05) is 12.1 Å². The Kier molecular flexibility index (Phi) is 10.1. The van der Waals surface area contributed by atoms with E-state index in [1.54, 1.807) is 0 Å². The lowest BCUT2D eigenvalue weighted by Crippen LogP contribution is -1.96. The fourth-order valence-electron chi connectivity index (χ4n) is 10.00. The molecular weight excluding hydrogens is 849 g/mol. The van der Waals surface area contributed by atoms with Gasteiger partial charge in [0, 0.05) is 43.8 Å². The minimum absolute atomic E-state index is 0.862. The topological polar surface area (TPSA) is 51.6 Å². The molecule has 0 spiro atoms. The molecule has 0 bridgehead atoms. The minimum Gasteiger partial charge on any atom is -0.245 e. The Morgan fingerprint density at radius 2 is 0.357 bits per heavy atom. The van der Waals surface area contributed by atoms with Crippen LogP contribution in [0.25, 0.3) is 133 Å². The zero-order chi connectivity index (χ0) is 46.4. The fourth-order valence-corrected chi connectivity index (χ4v) is 10.00. The molecule has 13 rings (SSSR count). The lowest BCUT2D eigenvalue weighted by molar-refractivity contribution is 1.35. The predicted molar refractivity (Wildman–Crippen MR) is 291 cm³/mol. The monoisotopic (exact) mass is 890 g/mol. The maximum atomic E-state index is 5.54. The van der Waals surface area contributed by atoms with Crippen molar-refractivity contribution in [1.29, 1.82) is 0 Å². The first kappa shape index (κ1) is 40.9. The average molecular weight is 891 g/mol. The first-order chi connectivity index (χ1) is 34.7. The Morgan fingerprint density at radius 3 is 0.571 bits per heavy atom. The second-order valence-electron chi connectivity index (χ2n) is 17.7. The van der Waals surface area contributed by atoms with Gasteiger partial charge in [-0.2, -0.15) is 0 Å². The van der Waals surface area contributed by atoms with Gasteiger partial charge in [0.25, 0.3) is 0 Å². The number of hydrogen-bond acceptors (Lipinski definition) is 4. The summed E-state index contributed by atoms with van der Waals surface area (Å²) in [6, 6.07) is 89.7. The zero-order valence-corrected chi connectivity index (χ0v) is 38.0. The zero-order valence-electron chi connectivity index (χ0n) is 38.0. The SMILES string of the molecule is c1ccc(-c2cc(-c3ccccc3)c3ccc4c(-c5ccccc5)cc(-c5ccc(-c6cc(-c7ccccc7)c7ccc8c(-c9ccccc9)cc(-c9ccccc9)nc8c7n6)cc5)nc4c3n2)cc1. The Balaban J connectivity index is 1.01. The van der Waals surface area contributed by atoms with E-state index in [9.17, 15) is 0 Å². The Labute approximate surface area is 405 Å². The van der Waals surface area contributed by atoms with Crippen molar-refractivity contribution in [3.8, 4) is 89.5 Å². The van der Waals surface area contributed by atoms with E-state index < -0.39 is 0 Å². The van der Waals surface area contributed by atoms with Crippen LogP contribution >= 0.6 is 0 Å². The Morgan fingerprint density at radius 1 is 0.171 bits per heavy atom. The third-order valence-electron chi connectivity index (χ3n) is 13.5. The van der Waals surface area contributed by atoms with Crippen molar-refractivity contribution in [2.75, 3.05) is 0 Å². The number of fused-ring (bicyclic) bond motifs is 6. The van der Waals surface area contributed by atoms with Crippen LogP contribution in [0, 0.1) is 0 Å². The summed E-state index contributed by atoms with van der Waals surface area (Å²) in [4.78, 5) is 21.9. The number of hydrogen-bond donors (Lipinski definition) is 0. The normalized spacial score (nSPS) is 11.4. The highest BCUT2D eigenvalue weighted by Crippen LogP contribution is 2.42. The number of rotatable bonds is 8. The highest BCUT2D eigenvalue weighted by molar-refractivity contribution is 6.15. The number of nitrogens with zero attached hydrogens (tertiary/aromatic N) is 4. The molecular formula is C66H42N4. The molecule has 0 radical (unpaired) electrons. The third kappa shape index (κ3) is 7.36. The summed E-state index contributed by atoms with van der Waals surface area (Å²) in [7, 11) is 0. The van der Waals surface area contributed by atoms with E-state index >= 15 is 0 Å². The molecule has 0 N–H and O–H groups in total. The lowest BCUT2D eigenvalue weighted by Gasteiger charge is -2.16. The number of pyridine rings is 4. The fraction of sp³-hybridized carbons (Fsp3) is 0. The molecule has 70 heavy (non-hydrogen) atoms. The molecule has 0 saturated carbocycles. The van der Waals surface area contributed by atoms with E-state index in [-0.39, 0.29) is 0 Å². The van der Waals surface area contributed by atoms with Crippen molar-refractivity contribution >= 4 is 43.6 Å². The average Bonchev–Trinajstić information content (AvgIpc) is 3.45. The van der Waals surface area contributed by atoms with Gasteiger partial charge in [-0.25, -0.2) is 19.9 Å². The van der Waals surface area contributed by atoms with Crippen molar-refractivity contribution in [3.63, 3.8) is 0 Å². The maximum Gasteiger partial charge on any atom is 0.0978 e. The predicted octanol–water partition coefficient (Wildman–Crippen LogP) is 17.2. The summed E-state index contributed by atoms with van der Waals surface area (Å²) in [5.74, 6) is 0. The van der Waals surface area contributed by atoms with Gasteiger partial charge >= 0.3 is 0 Å². The molecule has 4 heteroatoms. The summed E-state index contributed by atoms with van der Waals surface area (Å²) in [5.41, 5.74) is 20.1. The molecule has 0 saturated heterocycles. The molecule has 4 nitrogen and oxygen atoms in total. The summed E-state index contributed by atoms with van der Waals surface area (Å²) >= 11 is 0. The van der Waals surface area contributed by atoms with Gasteiger partial charge in [-0.05, 0) is 68.8 Å². The van der Waals surface area contributed by atoms with Gasteiger partial charge in [-0.3, -0.25) is 0 Å². The van der Waals surface area contributed by atoms with Crippen LogP contribution in [-0.4, -0.2) is 19.9 Å². The Bertz CT molecular complexity index is 3780. The first-order valence-corrected chi connectivity index (χ1v) is 23.7. The summed E-state index contributed by atoms with van der Waals surface area (Å²) < 4.78 is 0. The van der Waals surface area contributed by atoms with Crippen LogP contribution < -0.4 is 0 Å². The molecule has 0 fully saturated rings. The van der Waals surface area contributed by atoms with Gasteiger partial charge in [-0.1, -0.05) is 231 Å². The molecule has 0 amide bonds. The molecule has 4 heterocycles. The second kappa shape index (κ2) is 17.4. The van der Waals surface area contributed by atoms with Gasteiger partial charge in [0.2, 0.25) is 0 Å². The van der Waals surface area contributed by atoms with Gasteiger partial charge < -0.3 is 0 Å². The van der Waals surface area contributed by atoms with Gasteiger partial charge in [-0.15, -0.1) is 0 Å². The van der Waals surface area contributed by atoms with Crippen LogP contribution in [0.2, 0.25) is 0 Å². The molecule has 4 aromatic heterocycles. The standard InChI is InChI=1S/C66H42N4/c1-7-19-43(20-8-1)55-39-59(47-27-15-5-16-28-47)67-63-51(55)35-37-53-57(45-23-11-3-12-24-45)41-61(69-65(53)63)49-31-33-50(34-32-49)62-42-58(46-25-13-4-14-26-46)54-38-36-52-56(44-21-9-2-10-22-44)40-60(48-29-17-6-18-30-48)68-64(52)66(54)70-62/h1-42H. The van der Waals surface area contributed by atoms with E-state index in [0.29, 0.717) is 0 Å². The van der Waals surface area contributed by atoms with Crippen LogP contribution in [0.1, 0.15) is 0 Å². The molecule has 0 unspecified atom stereocenters. The molecule has 0 aliphatic heterocycles. The molecule has 13 aromatic rings. The van der Waals surface area contributed by atoms with Crippen molar-refractivity contribution in [3.05, 3.63) is 255 Å². The van der Waals surface area contributed by atoms with Crippen molar-refractivity contribution in [1.82, 2.24) is 19.9 Å². The van der Waals surface area contributed by atoms with Gasteiger partial charge in [0.05, 0.1) is 44.8 Å². The van der Waals surface area contributed by atoms with E-state index in [0.717, 1.165) is 133 Å². The summed E-state index contributed by atoms with van der Waals surface area (Å²) in [6.07, 6.45) is 0. The molecule has 0 aliphatic carbocycles. The second-order valence-corrected chi connectivity index (χ2v) is 17.7. The Hall–Kier alpha value is -9.38. The summed E-state index contributed by atoms with van der Waals surface area (Å²) in [5, 5.41) is 4.22. The third-order valence-corrected chi connectivity index (χ3v) is 13.5. The molecule has 326 valence electrons. The van der Waals surface area contributed by atoms with Crippen LogP contribution in [0.3, 0.4) is 0 Å². The molecule has 9 aromatic carbocycles. The van der Waals surface area contributed by atoms with Crippen molar-refractivity contribution < 1.29 is 0 Å². The smallest absolute Gasteiger partial charge is 0.0978 e. The molecule has 0 atom stereocenters. The highest BCUT2D eigenvalue weighted by atomic mass is 14.8. The number of benzene rings is 9. The largest absolute Gasteiger partial charge is 0.245 e. The van der Waals surface area contributed by atoms with Crippen molar-refractivity contribution in [2.24, 2.45) is 0 Å². The maximum absolute atomic E-state index is 5.54. The van der Waals surface area contributed by atoms with Crippen molar-refractivity contribution in [2.45, 2.75) is 0 Å². The summed E-state index contributed by atoms with van der Waals surface area (Å²) in [6.45, 7) is 0. The van der Waals surface area contributed by atoms with E-state index in [4.69, 9.17) is 19.9 Å². The van der Waals surface area contributed by atoms with E-state index in [2.05, 4.69) is 243 Å². The number of aromatic nitrogens is 4. The van der Waals surface area contributed by atoms with Gasteiger partial charge in [0.1, 0.15) is 0 Å². The first-order valence-electron chi connectivity index (χ1n) is 23.7. The highest BCUT2D eigenvalue weighted by Gasteiger charge is 2.20. The quantitative estimate of drug-likeness (QED) is 0.143. The molecule has 0 aliphatic rings. The lowest BCUT2D eigenvalue weighted by atomic mass is 9.93. The minimum atomic E-state index is 0.862. The van der Waals surface area contributed by atoms with E-state index in [1.165, 1.54) is 0 Å². The van der Waals surface area contributed by atoms with Crippen LogP contribution in [0.5, 0.6) is 0 Å². The van der Waals surface area contributed by atoms with Gasteiger partial charge in [0.15, 0.2) is 0 Å². The van der Waals surface area contributed by atoms with Crippen LogP contribution in [0.15, 0.2) is 255 Å². The van der Waals surface area contributed by atoms with Crippen LogP contribution in [0.4, 0.5) is 0 Å².